The first-order valence-electron chi connectivity index (χ1n) is 6.17. The zero-order valence-electron chi connectivity index (χ0n) is 11.0. The first-order chi connectivity index (χ1) is 9.24. The molecule has 0 radical (unpaired) electrons. The van der Waals surface area contributed by atoms with Crippen LogP contribution in [0.5, 0.6) is 0 Å². The van der Waals surface area contributed by atoms with Crippen LogP contribution in [0.2, 0.25) is 0 Å². The summed E-state index contributed by atoms with van der Waals surface area (Å²) in [5.74, 6) is -2.61. The summed E-state index contributed by atoms with van der Waals surface area (Å²) < 4.78 is 5.10. The largest absolute Gasteiger partial charge is 0.394 e. The molecule has 9 nitrogen and oxygen atoms in total. The van der Waals surface area contributed by atoms with Crippen LogP contribution >= 0.6 is 0 Å². The van der Waals surface area contributed by atoms with E-state index in [1.165, 1.54) is 6.92 Å². The SMILES string of the molecule is CC(=O)N[C@H]1[C@H]([C@H](O)[C@H](O)CO)OC(O)(CO)C[C@@H]1O. The standard InChI is InChI=1S/C11H21NO8/c1-5(15)12-8-6(16)2-11(19,4-14)20-10(8)9(18)7(17)3-13/h6-10,13-14,16-19H,2-4H2,1H3,(H,12,15)/t6-,7+,8+,9+,10+,11?/m0/s1. The smallest absolute Gasteiger partial charge is 0.217 e. The Bertz CT molecular complexity index is 340. The third-order valence-corrected chi connectivity index (χ3v) is 3.19. The van der Waals surface area contributed by atoms with Gasteiger partial charge >= 0.3 is 0 Å². The maximum atomic E-state index is 11.1. The molecule has 1 saturated heterocycles. The summed E-state index contributed by atoms with van der Waals surface area (Å²) in [6.07, 6.45) is -6.36. The molecule has 0 bridgehead atoms. The van der Waals surface area contributed by atoms with E-state index in [4.69, 9.17) is 14.9 Å². The second kappa shape index (κ2) is 6.76. The van der Waals surface area contributed by atoms with Crippen molar-refractivity contribution in [3.8, 4) is 0 Å². The highest BCUT2D eigenvalue weighted by Crippen LogP contribution is 2.29. The van der Waals surface area contributed by atoms with Crippen molar-refractivity contribution in [2.45, 2.75) is 49.6 Å². The minimum atomic E-state index is -2.10. The summed E-state index contributed by atoms with van der Waals surface area (Å²) in [6, 6.07) is -1.10. The number of hydrogen-bond donors (Lipinski definition) is 7. The molecule has 0 aromatic rings. The van der Waals surface area contributed by atoms with Crippen molar-refractivity contribution in [3.05, 3.63) is 0 Å². The summed E-state index contributed by atoms with van der Waals surface area (Å²) in [5, 5.41) is 59.4. The predicted molar refractivity (Wildman–Crippen MR) is 64.2 cm³/mol. The van der Waals surface area contributed by atoms with Gasteiger partial charge in [0.2, 0.25) is 5.91 Å². The van der Waals surface area contributed by atoms with Gasteiger partial charge in [-0.1, -0.05) is 0 Å². The van der Waals surface area contributed by atoms with Crippen molar-refractivity contribution >= 4 is 5.91 Å². The lowest BCUT2D eigenvalue weighted by Gasteiger charge is -2.45. The Balaban J connectivity index is 2.98. The quantitative estimate of drug-likeness (QED) is 0.270. The lowest BCUT2D eigenvalue weighted by Crippen LogP contribution is -2.66. The maximum Gasteiger partial charge on any atom is 0.217 e. The van der Waals surface area contributed by atoms with Crippen molar-refractivity contribution < 1.29 is 40.2 Å². The molecule has 20 heavy (non-hydrogen) atoms. The normalized spacial score (nSPS) is 37.2. The minimum Gasteiger partial charge on any atom is -0.394 e. The molecule has 0 aliphatic carbocycles. The molecule has 1 aliphatic heterocycles. The Labute approximate surface area is 115 Å². The van der Waals surface area contributed by atoms with E-state index in [-0.39, 0.29) is 6.42 Å². The van der Waals surface area contributed by atoms with Crippen LogP contribution in [0.1, 0.15) is 13.3 Å². The van der Waals surface area contributed by atoms with Crippen LogP contribution in [0.4, 0.5) is 0 Å². The molecule has 1 amide bonds. The first kappa shape index (κ1) is 17.2. The number of amides is 1. The van der Waals surface area contributed by atoms with Gasteiger partial charge < -0.3 is 40.7 Å². The van der Waals surface area contributed by atoms with Gasteiger partial charge in [0.25, 0.3) is 0 Å². The van der Waals surface area contributed by atoms with Gasteiger partial charge in [-0.25, -0.2) is 0 Å². The number of hydrogen-bond acceptors (Lipinski definition) is 8. The third kappa shape index (κ3) is 3.85. The van der Waals surface area contributed by atoms with E-state index in [9.17, 15) is 25.2 Å². The van der Waals surface area contributed by atoms with E-state index in [1.54, 1.807) is 0 Å². The zero-order valence-corrected chi connectivity index (χ0v) is 11.0. The van der Waals surface area contributed by atoms with Crippen LogP contribution in [0, 0.1) is 0 Å². The fraction of sp³-hybridized carbons (Fsp3) is 0.909. The van der Waals surface area contributed by atoms with Gasteiger partial charge in [0.05, 0.1) is 25.4 Å². The van der Waals surface area contributed by atoms with E-state index in [0.717, 1.165) is 0 Å². The van der Waals surface area contributed by atoms with Crippen molar-refractivity contribution in [1.29, 1.82) is 0 Å². The summed E-state index contributed by atoms with van der Waals surface area (Å²) in [4.78, 5) is 11.1. The number of carbonyl (C=O) groups is 1. The molecule has 1 aliphatic rings. The van der Waals surface area contributed by atoms with Gasteiger partial charge in [-0.2, -0.15) is 0 Å². The molecule has 0 saturated carbocycles. The van der Waals surface area contributed by atoms with Crippen LogP contribution in [-0.4, -0.2) is 86.0 Å². The molecule has 0 aromatic carbocycles. The maximum absolute atomic E-state index is 11.1. The Morgan fingerprint density at radius 2 is 2.05 bits per heavy atom. The monoisotopic (exact) mass is 295 g/mol. The number of aliphatic hydroxyl groups is 6. The Morgan fingerprint density at radius 3 is 2.50 bits per heavy atom. The van der Waals surface area contributed by atoms with E-state index in [2.05, 4.69) is 5.32 Å². The molecule has 118 valence electrons. The fourth-order valence-electron chi connectivity index (χ4n) is 2.17. The predicted octanol–water partition coefficient (Wildman–Crippen LogP) is -3.96. The molecule has 7 N–H and O–H groups in total. The molecule has 1 rings (SSSR count). The van der Waals surface area contributed by atoms with Gasteiger partial charge in [0, 0.05) is 13.3 Å². The molecule has 0 spiro atoms. The molecular formula is C11H21NO8. The van der Waals surface area contributed by atoms with Crippen LogP contribution in [0.3, 0.4) is 0 Å². The summed E-state index contributed by atoms with van der Waals surface area (Å²) >= 11 is 0. The highest BCUT2D eigenvalue weighted by atomic mass is 16.7. The van der Waals surface area contributed by atoms with Crippen molar-refractivity contribution in [2.75, 3.05) is 13.2 Å². The van der Waals surface area contributed by atoms with Gasteiger partial charge in [-0.05, 0) is 0 Å². The number of carbonyl (C=O) groups excluding carboxylic acids is 1. The van der Waals surface area contributed by atoms with Crippen molar-refractivity contribution in [2.24, 2.45) is 0 Å². The van der Waals surface area contributed by atoms with Crippen LogP contribution in [0.25, 0.3) is 0 Å². The molecule has 1 fully saturated rings. The molecular weight excluding hydrogens is 274 g/mol. The minimum absolute atomic E-state index is 0.382. The average molecular weight is 295 g/mol. The van der Waals surface area contributed by atoms with Crippen molar-refractivity contribution in [1.82, 2.24) is 5.32 Å². The van der Waals surface area contributed by atoms with Crippen LogP contribution in [0.15, 0.2) is 0 Å². The highest BCUT2D eigenvalue weighted by Gasteiger charge is 2.49. The lowest BCUT2D eigenvalue weighted by molar-refractivity contribution is -0.312. The van der Waals surface area contributed by atoms with Gasteiger partial charge in [-0.15, -0.1) is 0 Å². The summed E-state index contributed by atoms with van der Waals surface area (Å²) in [7, 11) is 0. The second-order valence-corrected chi connectivity index (χ2v) is 4.93. The van der Waals surface area contributed by atoms with Crippen LogP contribution < -0.4 is 5.32 Å². The molecule has 1 unspecified atom stereocenters. The second-order valence-electron chi connectivity index (χ2n) is 4.93. The molecule has 1 heterocycles. The van der Waals surface area contributed by atoms with Crippen molar-refractivity contribution in [3.63, 3.8) is 0 Å². The molecule has 6 atom stereocenters. The van der Waals surface area contributed by atoms with E-state index in [0.29, 0.717) is 0 Å². The summed E-state index contributed by atoms with van der Waals surface area (Å²) in [5.41, 5.74) is 0. The van der Waals surface area contributed by atoms with E-state index >= 15 is 0 Å². The summed E-state index contributed by atoms with van der Waals surface area (Å²) in [6.45, 7) is -0.428. The molecule has 9 heteroatoms. The Kier molecular flexibility index (Phi) is 5.83. The fourth-order valence-corrected chi connectivity index (χ4v) is 2.17. The lowest BCUT2D eigenvalue weighted by atomic mass is 9.89. The highest BCUT2D eigenvalue weighted by molar-refractivity contribution is 5.73. The number of aliphatic hydroxyl groups excluding tert-OH is 5. The number of nitrogens with one attached hydrogen (secondary N) is 1. The zero-order chi connectivity index (χ0) is 15.5. The topological polar surface area (TPSA) is 160 Å². The third-order valence-electron chi connectivity index (χ3n) is 3.19. The van der Waals surface area contributed by atoms with Gasteiger partial charge in [0.1, 0.15) is 18.3 Å². The average Bonchev–Trinajstić information content (AvgIpc) is 2.39. The number of rotatable bonds is 5. The first-order valence-corrected chi connectivity index (χ1v) is 6.17. The van der Waals surface area contributed by atoms with Gasteiger partial charge in [0.15, 0.2) is 5.79 Å². The van der Waals surface area contributed by atoms with Gasteiger partial charge in [-0.3, -0.25) is 4.79 Å². The van der Waals surface area contributed by atoms with E-state index < -0.39 is 55.4 Å². The molecule has 0 aromatic heterocycles. The van der Waals surface area contributed by atoms with E-state index in [1.807, 2.05) is 0 Å². The van der Waals surface area contributed by atoms with Crippen LogP contribution in [-0.2, 0) is 9.53 Å². The number of ether oxygens (including phenoxy) is 1. The Morgan fingerprint density at radius 1 is 1.45 bits per heavy atom. The Hall–Kier alpha value is -0.810.